The van der Waals surface area contributed by atoms with Gasteiger partial charge in [0.25, 0.3) is 0 Å². The Bertz CT molecular complexity index is 361. The molecule has 122 valence electrons. The molecule has 5 nitrogen and oxygen atoms in total. The maximum atomic E-state index is 12.3. The Kier molecular flexibility index (Phi) is 6.49. The molecule has 0 radical (unpaired) electrons. The summed E-state index contributed by atoms with van der Waals surface area (Å²) in [6, 6.07) is -0.0376. The van der Waals surface area contributed by atoms with E-state index in [0.29, 0.717) is 25.3 Å². The van der Waals surface area contributed by atoms with E-state index in [2.05, 4.69) is 19.2 Å². The van der Waals surface area contributed by atoms with Crippen LogP contribution in [0, 0.1) is 11.3 Å². The highest BCUT2D eigenvalue weighted by Gasteiger charge is 2.40. The van der Waals surface area contributed by atoms with E-state index in [0.717, 1.165) is 19.3 Å². The summed E-state index contributed by atoms with van der Waals surface area (Å²) in [7, 11) is 0. The quantitative estimate of drug-likeness (QED) is 0.791. The second-order valence-corrected chi connectivity index (χ2v) is 6.94. The number of carbonyl (C=O) groups excluding carboxylic acids is 1. The van der Waals surface area contributed by atoms with E-state index < -0.39 is 11.4 Å². The SMILES string of the molecule is CC(C)CN(C(=O)NCC1(C(=O)O)CCCCC1)C(C)C. The predicted octanol–water partition coefficient (Wildman–Crippen LogP) is 3.10. The Morgan fingerprint density at radius 2 is 1.71 bits per heavy atom. The Morgan fingerprint density at radius 3 is 2.14 bits per heavy atom. The van der Waals surface area contributed by atoms with Crippen molar-refractivity contribution >= 4 is 12.0 Å². The molecule has 1 saturated carbocycles. The molecule has 2 amide bonds. The molecule has 0 atom stereocenters. The molecule has 0 saturated heterocycles. The van der Waals surface area contributed by atoms with Crippen molar-refractivity contribution in [2.75, 3.05) is 13.1 Å². The van der Waals surface area contributed by atoms with Crippen molar-refractivity contribution in [3.8, 4) is 0 Å². The highest BCUT2D eigenvalue weighted by atomic mass is 16.4. The number of hydrogen-bond acceptors (Lipinski definition) is 2. The lowest BCUT2D eigenvalue weighted by atomic mass is 9.74. The van der Waals surface area contributed by atoms with Gasteiger partial charge in [-0.3, -0.25) is 4.79 Å². The zero-order chi connectivity index (χ0) is 16.0. The summed E-state index contributed by atoms with van der Waals surface area (Å²) in [5, 5.41) is 12.4. The van der Waals surface area contributed by atoms with E-state index >= 15 is 0 Å². The van der Waals surface area contributed by atoms with Gasteiger partial charge in [0.2, 0.25) is 0 Å². The Morgan fingerprint density at radius 1 is 1.14 bits per heavy atom. The second-order valence-electron chi connectivity index (χ2n) is 6.94. The van der Waals surface area contributed by atoms with Crippen LogP contribution in [0.15, 0.2) is 0 Å². The van der Waals surface area contributed by atoms with Gasteiger partial charge in [-0.05, 0) is 32.6 Å². The standard InChI is InChI=1S/C16H30N2O3/c1-12(2)10-18(13(3)4)15(21)17-11-16(14(19)20)8-6-5-7-9-16/h12-13H,5-11H2,1-4H3,(H,17,21)(H,19,20). The number of hydrogen-bond donors (Lipinski definition) is 2. The monoisotopic (exact) mass is 298 g/mol. The third-order valence-corrected chi connectivity index (χ3v) is 4.29. The van der Waals surface area contributed by atoms with Crippen LogP contribution in [-0.4, -0.2) is 41.1 Å². The van der Waals surface area contributed by atoms with Crippen molar-refractivity contribution in [3.63, 3.8) is 0 Å². The lowest BCUT2D eigenvalue weighted by molar-refractivity contribution is -0.150. The normalized spacial score (nSPS) is 17.8. The first kappa shape index (κ1) is 17.8. The van der Waals surface area contributed by atoms with E-state index in [9.17, 15) is 14.7 Å². The van der Waals surface area contributed by atoms with E-state index in [1.165, 1.54) is 0 Å². The molecule has 1 aliphatic rings. The number of aliphatic carboxylic acids is 1. The maximum absolute atomic E-state index is 12.3. The number of nitrogens with zero attached hydrogens (tertiary/aromatic N) is 1. The highest BCUT2D eigenvalue weighted by Crippen LogP contribution is 2.36. The third kappa shape index (κ3) is 4.90. The summed E-state index contributed by atoms with van der Waals surface area (Å²) in [5.74, 6) is -0.385. The van der Waals surface area contributed by atoms with Crippen LogP contribution in [0.4, 0.5) is 4.79 Å². The van der Waals surface area contributed by atoms with Gasteiger partial charge in [0.05, 0.1) is 5.41 Å². The van der Waals surface area contributed by atoms with Gasteiger partial charge in [0, 0.05) is 19.1 Å². The summed E-state index contributed by atoms with van der Waals surface area (Å²) in [4.78, 5) is 25.7. The average molecular weight is 298 g/mol. The molecule has 0 aromatic heterocycles. The van der Waals surface area contributed by atoms with Gasteiger partial charge in [0.15, 0.2) is 0 Å². The second kappa shape index (κ2) is 7.66. The molecule has 0 aliphatic heterocycles. The van der Waals surface area contributed by atoms with Gasteiger partial charge < -0.3 is 15.3 Å². The fourth-order valence-electron chi connectivity index (χ4n) is 2.96. The lowest BCUT2D eigenvalue weighted by Gasteiger charge is -2.35. The van der Waals surface area contributed by atoms with Gasteiger partial charge in [-0.2, -0.15) is 0 Å². The molecule has 0 heterocycles. The molecule has 1 rings (SSSR count). The summed E-state index contributed by atoms with van der Waals surface area (Å²) in [6.45, 7) is 9.03. The van der Waals surface area contributed by atoms with Crippen molar-refractivity contribution in [2.45, 2.75) is 65.8 Å². The van der Waals surface area contributed by atoms with E-state index in [1.54, 1.807) is 4.90 Å². The zero-order valence-electron chi connectivity index (χ0n) is 13.8. The van der Waals surface area contributed by atoms with Crippen molar-refractivity contribution in [2.24, 2.45) is 11.3 Å². The molecule has 0 bridgehead atoms. The van der Waals surface area contributed by atoms with Crippen molar-refractivity contribution in [3.05, 3.63) is 0 Å². The number of rotatable bonds is 6. The molecule has 0 aromatic carbocycles. The average Bonchev–Trinajstić information content (AvgIpc) is 2.42. The van der Waals surface area contributed by atoms with Gasteiger partial charge in [0.1, 0.15) is 0 Å². The van der Waals surface area contributed by atoms with Gasteiger partial charge in [-0.1, -0.05) is 33.1 Å². The van der Waals surface area contributed by atoms with Crippen LogP contribution in [0.5, 0.6) is 0 Å². The molecule has 0 spiro atoms. The molecule has 2 N–H and O–H groups in total. The zero-order valence-corrected chi connectivity index (χ0v) is 13.8. The number of carboxylic acids is 1. The van der Waals surface area contributed by atoms with Crippen LogP contribution in [-0.2, 0) is 4.79 Å². The third-order valence-electron chi connectivity index (χ3n) is 4.29. The van der Waals surface area contributed by atoms with Crippen molar-refractivity contribution < 1.29 is 14.7 Å². The van der Waals surface area contributed by atoms with Crippen molar-refractivity contribution in [1.29, 1.82) is 0 Å². The molecular weight excluding hydrogens is 268 g/mol. The van der Waals surface area contributed by atoms with Crippen LogP contribution in [0.3, 0.4) is 0 Å². The predicted molar refractivity (Wildman–Crippen MR) is 83.2 cm³/mol. The number of urea groups is 1. The molecule has 0 unspecified atom stereocenters. The summed E-state index contributed by atoms with van der Waals surface area (Å²) >= 11 is 0. The van der Waals surface area contributed by atoms with Crippen LogP contribution in [0.25, 0.3) is 0 Å². The van der Waals surface area contributed by atoms with Crippen LogP contribution >= 0.6 is 0 Å². The Balaban J connectivity index is 2.65. The summed E-state index contributed by atoms with van der Waals surface area (Å²) in [6.07, 6.45) is 4.28. The number of carbonyl (C=O) groups is 2. The fraction of sp³-hybridized carbons (Fsp3) is 0.875. The molecule has 5 heteroatoms. The number of nitrogens with one attached hydrogen (secondary N) is 1. The Labute approximate surface area is 128 Å². The van der Waals surface area contributed by atoms with Crippen LogP contribution < -0.4 is 5.32 Å². The fourth-order valence-corrected chi connectivity index (χ4v) is 2.96. The topological polar surface area (TPSA) is 69.6 Å². The van der Waals surface area contributed by atoms with E-state index in [1.807, 2.05) is 13.8 Å². The van der Waals surface area contributed by atoms with Gasteiger partial charge in [-0.15, -0.1) is 0 Å². The van der Waals surface area contributed by atoms with Crippen LogP contribution in [0.2, 0.25) is 0 Å². The summed E-state index contributed by atoms with van der Waals surface area (Å²) in [5.41, 5.74) is -0.769. The summed E-state index contributed by atoms with van der Waals surface area (Å²) < 4.78 is 0. The number of amides is 2. The van der Waals surface area contributed by atoms with Crippen molar-refractivity contribution in [1.82, 2.24) is 10.2 Å². The first-order chi connectivity index (χ1) is 9.78. The Hall–Kier alpha value is -1.26. The molecule has 0 aromatic rings. The van der Waals surface area contributed by atoms with Crippen LogP contribution in [0.1, 0.15) is 59.8 Å². The smallest absolute Gasteiger partial charge is 0.317 e. The largest absolute Gasteiger partial charge is 0.481 e. The molecule has 21 heavy (non-hydrogen) atoms. The minimum Gasteiger partial charge on any atom is -0.481 e. The van der Waals surface area contributed by atoms with Gasteiger partial charge in [-0.25, -0.2) is 4.79 Å². The molecule has 1 aliphatic carbocycles. The number of carboxylic acid groups (broad SMARTS) is 1. The maximum Gasteiger partial charge on any atom is 0.317 e. The molecular formula is C16H30N2O3. The first-order valence-electron chi connectivity index (χ1n) is 8.06. The van der Waals surface area contributed by atoms with E-state index in [-0.39, 0.29) is 18.6 Å². The van der Waals surface area contributed by atoms with E-state index in [4.69, 9.17) is 0 Å². The minimum absolute atomic E-state index is 0.111. The minimum atomic E-state index is -0.776. The molecule has 1 fully saturated rings. The highest BCUT2D eigenvalue weighted by molar-refractivity contribution is 5.78. The van der Waals surface area contributed by atoms with Gasteiger partial charge >= 0.3 is 12.0 Å². The lowest BCUT2D eigenvalue weighted by Crippen LogP contribution is -2.50. The first-order valence-corrected chi connectivity index (χ1v) is 8.06.